The van der Waals surface area contributed by atoms with Gasteiger partial charge in [-0.05, 0) is 65.5 Å². The molecule has 2 aromatic rings. The highest BCUT2D eigenvalue weighted by Crippen LogP contribution is 2.43. The van der Waals surface area contributed by atoms with Crippen molar-refractivity contribution in [3.8, 4) is 17.2 Å². The van der Waals surface area contributed by atoms with Crippen LogP contribution in [0.1, 0.15) is 37.9 Å². The standard InChI is InChI=1S/C27H28BrFN6O/c1-6-22(36)33-9-10-34(17(5)13-33)26-18-11-20(29)19(28)12-21(18)35(27-24(26)31-14-32-27)25-16(4)7-8-30-23(25)15(2)3/h6-8,11-12,14-15,17H,1,9-10,13H2,2-5H3/t17-/m0/s1. The lowest BCUT2D eigenvalue weighted by Crippen LogP contribution is -2.53. The van der Waals surface area contributed by atoms with E-state index < -0.39 is 0 Å². The van der Waals surface area contributed by atoms with E-state index in [9.17, 15) is 4.79 Å². The van der Waals surface area contributed by atoms with E-state index in [2.05, 4.69) is 62.7 Å². The van der Waals surface area contributed by atoms with Gasteiger partial charge in [0, 0.05) is 37.3 Å². The van der Waals surface area contributed by atoms with Crippen LogP contribution in [0.4, 0.5) is 10.1 Å². The summed E-state index contributed by atoms with van der Waals surface area (Å²) in [6.07, 6.45) is 4.72. The van der Waals surface area contributed by atoms with Gasteiger partial charge >= 0.3 is 0 Å². The van der Waals surface area contributed by atoms with Crippen molar-refractivity contribution in [3.63, 3.8) is 0 Å². The van der Waals surface area contributed by atoms with Crippen molar-refractivity contribution in [1.29, 1.82) is 0 Å². The number of anilines is 1. The number of hydrogen-bond donors (Lipinski definition) is 0. The quantitative estimate of drug-likeness (QED) is 0.315. The highest BCUT2D eigenvalue weighted by Gasteiger charge is 2.33. The molecule has 0 bridgehead atoms. The minimum Gasteiger partial charge on any atom is -0.363 e. The van der Waals surface area contributed by atoms with Gasteiger partial charge in [0.2, 0.25) is 5.91 Å². The number of imidazole rings is 1. The molecular weight excluding hydrogens is 523 g/mol. The smallest absolute Gasteiger partial charge is 0.246 e. The molecule has 1 aromatic heterocycles. The molecule has 186 valence electrons. The Balaban J connectivity index is 1.82. The summed E-state index contributed by atoms with van der Waals surface area (Å²) >= 11 is 3.40. The first-order valence-corrected chi connectivity index (χ1v) is 12.8. The lowest BCUT2D eigenvalue weighted by Gasteiger charge is -2.42. The van der Waals surface area contributed by atoms with Crippen LogP contribution in [0.5, 0.6) is 0 Å². The largest absolute Gasteiger partial charge is 0.363 e. The number of rotatable bonds is 4. The summed E-state index contributed by atoms with van der Waals surface area (Å²) in [5.41, 5.74) is 5.23. The number of aromatic nitrogens is 4. The molecule has 0 N–H and O–H groups in total. The van der Waals surface area contributed by atoms with Crippen LogP contribution in [0, 0.1) is 12.7 Å². The van der Waals surface area contributed by atoms with Crippen LogP contribution in [-0.2, 0) is 4.79 Å². The number of halogens is 2. The molecular formula is C27H28BrFN6O. The van der Waals surface area contributed by atoms with E-state index in [1.807, 2.05) is 19.2 Å². The average molecular weight is 551 g/mol. The van der Waals surface area contributed by atoms with Crippen molar-refractivity contribution in [2.75, 3.05) is 24.5 Å². The predicted octanol–water partition coefficient (Wildman–Crippen LogP) is 5.48. The van der Waals surface area contributed by atoms with Crippen LogP contribution in [0.25, 0.3) is 28.1 Å². The molecule has 3 aliphatic heterocycles. The van der Waals surface area contributed by atoms with Crippen molar-refractivity contribution >= 4 is 38.4 Å². The van der Waals surface area contributed by atoms with Gasteiger partial charge in [0.25, 0.3) is 0 Å². The summed E-state index contributed by atoms with van der Waals surface area (Å²) < 4.78 is 17.5. The first-order chi connectivity index (χ1) is 17.2. The Morgan fingerprint density at radius 3 is 2.69 bits per heavy atom. The third-order valence-electron chi connectivity index (χ3n) is 6.88. The lowest BCUT2D eigenvalue weighted by molar-refractivity contribution is -0.126. The highest BCUT2D eigenvalue weighted by molar-refractivity contribution is 9.10. The van der Waals surface area contributed by atoms with Crippen molar-refractivity contribution < 1.29 is 9.18 Å². The normalized spacial score (nSPS) is 16.4. The fourth-order valence-corrected chi connectivity index (χ4v) is 5.50. The van der Waals surface area contributed by atoms with Crippen LogP contribution >= 0.6 is 15.9 Å². The van der Waals surface area contributed by atoms with Gasteiger partial charge in [0.15, 0.2) is 5.82 Å². The zero-order valence-electron chi connectivity index (χ0n) is 20.8. The van der Waals surface area contributed by atoms with Gasteiger partial charge in [-0.15, -0.1) is 0 Å². The average Bonchev–Trinajstić information content (AvgIpc) is 3.33. The Bertz CT molecular complexity index is 1460. The van der Waals surface area contributed by atoms with Gasteiger partial charge < -0.3 is 9.80 Å². The molecule has 4 heterocycles. The van der Waals surface area contributed by atoms with Gasteiger partial charge in [0.05, 0.1) is 27.1 Å². The number of fused-ring (bicyclic) bond motifs is 2. The van der Waals surface area contributed by atoms with E-state index >= 15 is 4.39 Å². The summed E-state index contributed by atoms with van der Waals surface area (Å²) in [7, 11) is 0. The van der Waals surface area contributed by atoms with Crippen LogP contribution in [0.2, 0.25) is 0 Å². The van der Waals surface area contributed by atoms with Gasteiger partial charge in [-0.1, -0.05) is 20.4 Å². The van der Waals surface area contributed by atoms with E-state index in [-0.39, 0.29) is 23.7 Å². The predicted molar refractivity (Wildman–Crippen MR) is 143 cm³/mol. The SMILES string of the molecule is C=CC(=O)N1CCN(c2c3ncnc-3n(-c3c(C)ccnc3C(C)C)c3cc(Br)c(F)cc23)[C@@H](C)C1. The number of carbonyl (C=O) groups is 1. The Morgan fingerprint density at radius 2 is 2.00 bits per heavy atom. The number of amides is 1. The molecule has 3 aliphatic rings. The molecule has 1 amide bonds. The second-order valence-corrected chi connectivity index (χ2v) is 10.4. The maximum Gasteiger partial charge on any atom is 0.246 e. The molecule has 1 aromatic carbocycles. The Hall–Kier alpha value is -3.33. The van der Waals surface area contributed by atoms with Crippen molar-refractivity contribution in [2.24, 2.45) is 0 Å². The summed E-state index contributed by atoms with van der Waals surface area (Å²) in [4.78, 5) is 30.3. The van der Waals surface area contributed by atoms with E-state index in [1.165, 1.54) is 6.08 Å². The molecule has 1 saturated heterocycles. The van der Waals surface area contributed by atoms with Gasteiger partial charge in [-0.3, -0.25) is 14.3 Å². The molecule has 7 nitrogen and oxygen atoms in total. The first-order valence-electron chi connectivity index (χ1n) is 12.0. The number of carbonyl (C=O) groups excluding carboxylic acids is 1. The molecule has 5 rings (SSSR count). The van der Waals surface area contributed by atoms with Crippen LogP contribution in [-0.4, -0.2) is 56.0 Å². The number of nitrogens with zero attached hydrogens (tertiary/aromatic N) is 6. The fourth-order valence-electron chi connectivity index (χ4n) is 5.16. The maximum absolute atomic E-state index is 15.1. The number of aryl methyl sites for hydroxylation is 1. The summed E-state index contributed by atoms with van der Waals surface area (Å²) in [5.74, 6) is 0.415. The zero-order chi connectivity index (χ0) is 25.7. The van der Waals surface area contributed by atoms with E-state index in [0.717, 1.165) is 33.5 Å². The minimum atomic E-state index is -0.353. The Kier molecular flexibility index (Phi) is 6.28. The van der Waals surface area contributed by atoms with Crippen LogP contribution in [0.3, 0.4) is 0 Å². The van der Waals surface area contributed by atoms with E-state index in [1.54, 1.807) is 23.4 Å². The number of benzene rings is 1. The van der Waals surface area contributed by atoms with Crippen LogP contribution in [0.15, 0.2) is 47.9 Å². The van der Waals surface area contributed by atoms with Gasteiger partial charge in [-0.25, -0.2) is 14.4 Å². The maximum atomic E-state index is 15.1. The van der Waals surface area contributed by atoms with Gasteiger partial charge in [0.1, 0.15) is 17.8 Å². The molecule has 36 heavy (non-hydrogen) atoms. The molecule has 0 spiro atoms. The zero-order valence-corrected chi connectivity index (χ0v) is 22.4. The summed E-state index contributed by atoms with van der Waals surface area (Å²) in [5, 5.41) is 0.733. The van der Waals surface area contributed by atoms with E-state index in [4.69, 9.17) is 4.98 Å². The molecule has 0 radical (unpaired) electrons. The van der Waals surface area contributed by atoms with E-state index in [0.29, 0.717) is 35.6 Å². The molecule has 1 fully saturated rings. The Labute approximate surface area is 218 Å². The number of hydrogen-bond acceptors (Lipinski definition) is 5. The fraction of sp³-hybridized carbons (Fsp3) is 0.333. The van der Waals surface area contributed by atoms with Crippen LogP contribution < -0.4 is 4.90 Å². The second-order valence-electron chi connectivity index (χ2n) is 9.56. The first kappa shape index (κ1) is 24.4. The monoisotopic (exact) mass is 550 g/mol. The lowest BCUT2D eigenvalue weighted by atomic mass is 10.0. The van der Waals surface area contributed by atoms with Crippen molar-refractivity contribution in [3.05, 3.63) is 64.9 Å². The molecule has 0 saturated carbocycles. The summed E-state index contributed by atoms with van der Waals surface area (Å²) in [6.45, 7) is 13.6. The van der Waals surface area contributed by atoms with Gasteiger partial charge in [-0.2, -0.15) is 0 Å². The molecule has 9 heteroatoms. The number of pyridine rings is 2. The second kappa shape index (κ2) is 9.28. The Morgan fingerprint density at radius 1 is 1.22 bits per heavy atom. The molecule has 0 unspecified atom stereocenters. The third-order valence-corrected chi connectivity index (χ3v) is 7.48. The van der Waals surface area contributed by atoms with Crippen molar-refractivity contribution in [1.82, 2.24) is 24.4 Å². The topological polar surface area (TPSA) is 67.2 Å². The molecule has 0 aliphatic carbocycles. The van der Waals surface area contributed by atoms with Crippen molar-refractivity contribution in [2.45, 2.75) is 39.7 Å². The molecule has 1 atom stereocenters. The highest BCUT2D eigenvalue weighted by atomic mass is 79.9. The summed E-state index contributed by atoms with van der Waals surface area (Å²) in [6, 6.07) is 5.33. The minimum absolute atomic E-state index is 0.0142. The number of piperazine rings is 1. The third kappa shape index (κ3) is 3.86.